The average Bonchev–Trinajstić information content (AvgIpc) is 2.57. The van der Waals surface area contributed by atoms with E-state index in [0.29, 0.717) is 31.6 Å². The molecule has 0 saturated heterocycles. The second-order valence-electron chi connectivity index (χ2n) is 5.18. The van der Waals surface area contributed by atoms with Crippen LogP contribution in [0.4, 0.5) is 11.4 Å². The number of nitro groups is 1. The standard InChI is InChI=1S/C17H18BrN3O3/c18-14-5-3-4-13(12-14)8-9-17(22)20-11-10-19-15-6-1-2-7-16(15)21(23)24/h1-7,12,19H,8-11H2,(H,20,22). The van der Waals surface area contributed by atoms with E-state index in [1.165, 1.54) is 6.07 Å². The zero-order valence-corrected chi connectivity index (χ0v) is 14.6. The molecule has 1 amide bonds. The van der Waals surface area contributed by atoms with Crippen molar-refractivity contribution < 1.29 is 9.72 Å². The number of aryl methyl sites for hydroxylation is 1. The number of halogens is 1. The Hall–Kier alpha value is -2.41. The molecule has 6 nitrogen and oxygen atoms in total. The van der Waals surface area contributed by atoms with E-state index in [4.69, 9.17) is 0 Å². The Morgan fingerprint density at radius 1 is 1.12 bits per heavy atom. The average molecular weight is 392 g/mol. The Morgan fingerprint density at radius 3 is 2.67 bits per heavy atom. The minimum atomic E-state index is -0.432. The van der Waals surface area contributed by atoms with Crippen molar-refractivity contribution in [2.24, 2.45) is 0 Å². The van der Waals surface area contributed by atoms with Gasteiger partial charge in [-0.1, -0.05) is 40.2 Å². The molecule has 2 N–H and O–H groups in total. The van der Waals surface area contributed by atoms with Gasteiger partial charge in [0.2, 0.25) is 5.91 Å². The zero-order valence-electron chi connectivity index (χ0n) is 13.0. The smallest absolute Gasteiger partial charge is 0.292 e. The number of carbonyl (C=O) groups is 1. The number of hydrogen-bond acceptors (Lipinski definition) is 4. The molecule has 0 aromatic heterocycles. The number of benzene rings is 2. The molecule has 0 bridgehead atoms. The first kappa shape index (κ1) is 17.9. The van der Waals surface area contributed by atoms with E-state index in [2.05, 4.69) is 26.6 Å². The van der Waals surface area contributed by atoms with Gasteiger partial charge in [-0.15, -0.1) is 0 Å². The molecule has 0 radical (unpaired) electrons. The maximum atomic E-state index is 11.8. The molecular weight excluding hydrogens is 374 g/mol. The topological polar surface area (TPSA) is 84.3 Å². The first-order valence-electron chi connectivity index (χ1n) is 7.54. The molecule has 0 fully saturated rings. The third kappa shape index (κ3) is 5.66. The maximum absolute atomic E-state index is 11.8. The van der Waals surface area contributed by atoms with Crippen LogP contribution in [-0.4, -0.2) is 23.9 Å². The highest BCUT2D eigenvalue weighted by molar-refractivity contribution is 9.10. The molecular formula is C17H18BrN3O3. The van der Waals surface area contributed by atoms with E-state index in [9.17, 15) is 14.9 Å². The Morgan fingerprint density at radius 2 is 1.92 bits per heavy atom. The van der Waals surface area contributed by atoms with Crippen LogP contribution in [0.5, 0.6) is 0 Å². The van der Waals surface area contributed by atoms with Gasteiger partial charge in [-0.25, -0.2) is 0 Å². The number of rotatable bonds is 8. The number of hydrogen-bond donors (Lipinski definition) is 2. The number of nitro benzene ring substituents is 1. The van der Waals surface area contributed by atoms with E-state index in [1.54, 1.807) is 18.2 Å². The molecule has 0 atom stereocenters. The molecule has 2 aromatic rings. The highest BCUT2D eigenvalue weighted by Gasteiger charge is 2.11. The fourth-order valence-corrected chi connectivity index (χ4v) is 2.67. The van der Waals surface area contributed by atoms with Crippen LogP contribution in [0, 0.1) is 10.1 Å². The monoisotopic (exact) mass is 391 g/mol. The van der Waals surface area contributed by atoms with Crippen LogP contribution in [-0.2, 0) is 11.2 Å². The summed E-state index contributed by atoms with van der Waals surface area (Å²) in [5, 5.41) is 16.7. The van der Waals surface area contributed by atoms with E-state index >= 15 is 0 Å². The van der Waals surface area contributed by atoms with Crippen LogP contribution >= 0.6 is 15.9 Å². The Balaban J connectivity index is 1.71. The fourth-order valence-electron chi connectivity index (χ4n) is 2.22. The number of nitrogens with one attached hydrogen (secondary N) is 2. The van der Waals surface area contributed by atoms with Gasteiger partial charge in [-0.2, -0.15) is 0 Å². The molecule has 0 spiro atoms. The molecule has 0 aliphatic heterocycles. The molecule has 2 aromatic carbocycles. The Labute approximate surface area is 148 Å². The van der Waals surface area contributed by atoms with E-state index in [1.807, 2.05) is 24.3 Å². The lowest BCUT2D eigenvalue weighted by Gasteiger charge is -2.08. The minimum absolute atomic E-state index is 0.0264. The van der Waals surface area contributed by atoms with Crippen LogP contribution < -0.4 is 10.6 Å². The third-order valence-corrected chi connectivity index (χ3v) is 3.89. The summed E-state index contributed by atoms with van der Waals surface area (Å²) in [4.78, 5) is 22.3. The van der Waals surface area contributed by atoms with Gasteiger partial charge in [-0.05, 0) is 30.2 Å². The summed E-state index contributed by atoms with van der Waals surface area (Å²) >= 11 is 3.40. The van der Waals surface area contributed by atoms with E-state index < -0.39 is 4.92 Å². The fraction of sp³-hybridized carbons (Fsp3) is 0.235. The van der Waals surface area contributed by atoms with Gasteiger partial charge >= 0.3 is 0 Å². The molecule has 0 heterocycles. The van der Waals surface area contributed by atoms with Crippen molar-refractivity contribution in [3.8, 4) is 0 Å². The van der Waals surface area contributed by atoms with Crippen molar-refractivity contribution >= 4 is 33.2 Å². The van der Waals surface area contributed by atoms with E-state index in [0.717, 1.165) is 10.0 Å². The Bertz CT molecular complexity index is 722. The van der Waals surface area contributed by atoms with Crippen LogP contribution in [0.2, 0.25) is 0 Å². The van der Waals surface area contributed by atoms with Gasteiger partial charge in [0.1, 0.15) is 5.69 Å². The van der Waals surface area contributed by atoms with Crippen molar-refractivity contribution in [2.45, 2.75) is 12.8 Å². The van der Waals surface area contributed by atoms with Crippen LogP contribution in [0.3, 0.4) is 0 Å². The number of carbonyl (C=O) groups excluding carboxylic acids is 1. The van der Waals surface area contributed by atoms with Crippen molar-refractivity contribution in [3.05, 3.63) is 68.7 Å². The number of nitrogens with zero attached hydrogens (tertiary/aromatic N) is 1. The molecule has 126 valence electrons. The second-order valence-corrected chi connectivity index (χ2v) is 6.10. The minimum Gasteiger partial charge on any atom is -0.378 e. The molecule has 0 unspecified atom stereocenters. The van der Waals surface area contributed by atoms with Gasteiger partial charge in [-0.3, -0.25) is 14.9 Å². The molecule has 2 rings (SSSR count). The number of anilines is 1. The highest BCUT2D eigenvalue weighted by Crippen LogP contribution is 2.22. The Kier molecular flexibility index (Phi) is 6.74. The highest BCUT2D eigenvalue weighted by atomic mass is 79.9. The van der Waals surface area contributed by atoms with Gasteiger partial charge in [0.05, 0.1) is 4.92 Å². The quantitative estimate of drug-likeness (QED) is 0.409. The number of amides is 1. The molecule has 7 heteroatoms. The third-order valence-electron chi connectivity index (χ3n) is 3.39. The lowest BCUT2D eigenvalue weighted by molar-refractivity contribution is -0.384. The summed E-state index contributed by atoms with van der Waals surface area (Å²) in [7, 11) is 0. The van der Waals surface area contributed by atoms with Gasteiger partial charge in [0.15, 0.2) is 0 Å². The van der Waals surface area contributed by atoms with Crippen LogP contribution in [0.15, 0.2) is 53.0 Å². The second kappa shape index (κ2) is 9.02. The van der Waals surface area contributed by atoms with Gasteiger partial charge < -0.3 is 10.6 Å². The van der Waals surface area contributed by atoms with Crippen molar-refractivity contribution in [2.75, 3.05) is 18.4 Å². The molecule has 24 heavy (non-hydrogen) atoms. The lowest BCUT2D eigenvalue weighted by atomic mass is 10.1. The maximum Gasteiger partial charge on any atom is 0.292 e. The summed E-state index contributed by atoms with van der Waals surface area (Å²) in [5.41, 5.74) is 1.57. The molecule has 0 saturated carbocycles. The predicted octanol–water partition coefficient (Wildman–Crippen LogP) is 3.52. The zero-order chi connectivity index (χ0) is 17.4. The summed E-state index contributed by atoms with van der Waals surface area (Å²) in [6.45, 7) is 0.830. The number of para-hydroxylation sites is 2. The van der Waals surface area contributed by atoms with Gasteiger partial charge in [0, 0.05) is 30.0 Å². The summed E-state index contributed by atoms with van der Waals surface area (Å²) in [5.74, 6) is -0.0423. The van der Waals surface area contributed by atoms with E-state index in [-0.39, 0.29) is 11.6 Å². The van der Waals surface area contributed by atoms with Crippen molar-refractivity contribution in [1.82, 2.24) is 5.32 Å². The first-order valence-corrected chi connectivity index (χ1v) is 8.34. The van der Waals surface area contributed by atoms with Crippen LogP contribution in [0.25, 0.3) is 0 Å². The first-order chi connectivity index (χ1) is 11.6. The SMILES string of the molecule is O=C(CCc1cccc(Br)c1)NCCNc1ccccc1[N+](=O)[O-]. The largest absolute Gasteiger partial charge is 0.378 e. The summed E-state index contributed by atoms with van der Waals surface area (Å²) < 4.78 is 0.995. The molecule has 0 aliphatic carbocycles. The van der Waals surface area contributed by atoms with Crippen LogP contribution in [0.1, 0.15) is 12.0 Å². The summed E-state index contributed by atoms with van der Waals surface area (Å²) in [6, 6.07) is 14.3. The molecule has 0 aliphatic rings. The normalized spacial score (nSPS) is 10.2. The predicted molar refractivity (Wildman–Crippen MR) is 97.1 cm³/mol. The lowest BCUT2D eigenvalue weighted by Crippen LogP contribution is -2.29. The van der Waals surface area contributed by atoms with Gasteiger partial charge in [0.25, 0.3) is 5.69 Å². The van der Waals surface area contributed by atoms with Crippen molar-refractivity contribution in [1.29, 1.82) is 0 Å². The summed E-state index contributed by atoms with van der Waals surface area (Å²) in [6.07, 6.45) is 1.07. The van der Waals surface area contributed by atoms with Crippen molar-refractivity contribution in [3.63, 3.8) is 0 Å².